The van der Waals surface area contributed by atoms with E-state index in [2.05, 4.69) is 9.98 Å². The van der Waals surface area contributed by atoms with Crippen LogP contribution in [0.5, 0.6) is 0 Å². The monoisotopic (exact) mass is 177 g/mol. The summed E-state index contributed by atoms with van der Waals surface area (Å²) in [4.78, 5) is 8.42. The van der Waals surface area contributed by atoms with Gasteiger partial charge in [0.1, 0.15) is 11.5 Å². The van der Waals surface area contributed by atoms with Crippen molar-refractivity contribution in [3.05, 3.63) is 29.6 Å². The van der Waals surface area contributed by atoms with E-state index in [-0.39, 0.29) is 6.04 Å². The highest BCUT2D eigenvalue weighted by Gasteiger charge is 2.03. The fourth-order valence-electron chi connectivity index (χ4n) is 1.09. The molecule has 0 fully saturated rings. The Morgan fingerprint density at radius 3 is 2.77 bits per heavy atom. The van der Waals surface area contributed by atoms with Gasteiger partial charge in [0, 0.05) is 12.2 Å². The molecule has 2 N–H and O–H groups in total. The molecule has 13 heavy (non-hydrogen) atoms. The molecule has 70 valence electrons. The molecular formula is C10H15N3. The average molecular weight is 177 g/mol. The fraction of sp³-hybridized carbons (Fsp3) is 0.400. The Hall–Kier alpha value is -1.38. The van der Waals surface area contributed by atoms with Crippen LogP contribution in [0.3, 0.4) is 0 Å². The van der Waals surface area contributed by atoms with Gasteiger partial charge >= 0.3 is 0 Å². The molecule has 3 nitrogen and oxygen atoms in total. The van der Waals surface area contributed by atoms with Gasteiger partial charge in [0.2, 0.25) is 0 Å². The number of hydrogen-bond acceptors (Lipinski definition) is 2. The summed E-state index contributed by atoms with van der Waals surface area (Å²) in [5, 5.41) is 0. The van der Waals surface area contributed by atoms with Crippen molar-refractivity contribution in [1.82, 2.24) is 4.98 Å². The molecule has 0 bridgehead atoms. The molecule has 1 heterocycles. The summed E-state index contributed by atoms with van der Waals surface area (Å²) in [6.45, 7) is 5.96. The van der Waals surface area contributed by atoms with Crippen molar-refractivity contribution in [2.75, 3.05) is 0 Å². The highest BCUT2D eigenvalue weighted by atomic mass is 14.9. The van der Waals surface area contributed by atoms with Crippen LogP contribution in [0.4, 0.5) is 0 Å². The van der Waals surface area contributed by atoms with E-state index in [4.69, 9.17) is 5.73 Å². The van der Waals surface area contributed by atoms with Gasteiger partial charge in [-0.1, -0.05) is 6.07 Å². The SMILES string of the molecule is Cc1cccnc1C(N)=NC(C)C. The predicted octanol–water partition coefficient (Wildman–Crippen LogP) is 1.50. The lowest BCUT2D eigenvalue weighted by Gasteiger charge is -2.04. The Balaban J connectivity index is 3.02. The van der Waals surface area contributed by atoms with E-state index in [9.17, 15) is 0 Å². The van der Waals surface area contributed by atoms with Crippen LogP contribution in [0.25, 0.3) is 0 Å². The van der Waals surface area contributed by atoms with Crippen LogP contribution in [-0.4, -0.2) is 16.9 Å². The molecule has 0 aliphatic heterocycles. The van der Waals surface area contributed by atoms with E-state index in [1.54, 1.807) is 6.20 Å². The second kappa shape index (κ2) is 4.03. The van der Waals surface area contributed by atoms with E-state index in [0.717, 1.165) is 11.3 Å². The number of amidine groups is 1. The number of hydrogen-bond donors (Lipinski definition) is 1. The van der Waals surface area contributed by atoms with Crippen molar-refractivity contribution >= 4 is 5.84 Å². The molecule has 3 heteroatoms. The highest BCUT2D eigenvalue weighted by molar-refractivity contribution is 5.96. The molecule has 0 saturated heterocycles. The molecule has 0 spiro atoms. The molecule has 1 aromatic heterocycles. The van der Waals surface area contributed by atoms with E-state index < -0.39 is 0 Å². The number of aryl methyl sites for hydroxylation is 1. The third-order valence-electron chi connectivity index (χ3n) is 1.65. The first kappa shape index (κ1) is 9.71. The first-order valence-electron chi connectivity index (χ1n) is 4.36. The molecule has 0 radical (unpaired) electrons. The van der Waals surface area contributed by atoms with Crippen molar-refractivity contribution in [3.8, 4) is 0 Å². The standard InChI is InChI=1S/C10H15N3/c1-7(2)13-10(11)9-8(3)5-4-6-12-9/h4-7H,1-3H3,(H2,11,13). The number of pyridine rings is 1. The highest BCUT2D eigenvalue weighted by Crippen LogP contribution is 2.03. The predicted molar refractivity (Wildman–Crippen MR) is 54.8 cm³/mol. The first-order valence-corrected chi connectivity index (χ1v) is 4.36. The Bertz CT molecular complexity index is 316. The summed E-state index contributed by atoms with van der Waals surface area (Å²) < 4.78 is 0. The van der Waals surface area contributed by atoms with E-state index in [1.807, 2.05) is 32.9 Å². The zero-order valence-corrected chi connectivity index (χ0v) is 8.28. The van der Waals surface area contributed by atoms with Gasteiger partial charge in [-0.3, -0.25) is 9.98 Å². The normalized spacial score (nSPS) is 12.2. The molecule has 0 aliphatic rings. The van der Waals surface area contributed by atoms with Crippen LogP contribution in [-0.2, 0) is 0 Å². The molecule has 0 atom stereocenters. The van der Waals surface area contributed by atoms with Gasteiger partial charge < -0.3 is 5.73 Å². The third-order valence-corrected chi connectivity index (χ3v) is 1.65. The van der Waals surface area contributed by atoms with Crippen molar-refractivity contribution in [2.45, 2.75) is 26.8 Å². The van der Waals surface area contributed by atoms with Crippen molar-refractivity contribution in [2.24, 2.45) is 10.7 Å². The molecule has 0 saturated carbocycles. The van der Waals surface area contributed by atoms with Crippen LogP contribution in [0, 0.1) is 6.92 Å². The molecule has 1 rings (SSSR count). The summed E-state index contributed by atoms with van der Waals surface area (Å²) in [6, 6.07) is 4.08. The zero-order chi connectivity index (χ0) is 9.84. The molecule has 0 unspecified atom stereocenters. The van der Waals surface area contributed by atoms with Crippen molar-refractivity contribution in [3.63, 3.8) is 0 Å². The molecular weight excluding hydrogens is 162 g/mol. The quantitative estimate of drug-likeness (QED) is 0.550. The third kappa shape index (κ3) is 2.54. The number of aromatic nitrogens is 1. The maximum absolute atomic E-state index is 5.78. The Morgan fingerprint density at radius 2 is 2.23 bits per heavy atom. The molecule has 0 aromatic carbocycles. The summed E-state index contributed by atoms with van der Waals surface area (Å²) in [5.74, 6) is 0.521. The number of nitrogens with zero attached hydrogens (tertiary/aromatic N) is 2. The summed E-state index contributed by atoms with van der Waals surface area (Å²) in [6.07, 6.45) is 1.73. The lowest BCUT2D eigenvalue weighted by atomic mass is 10.2. The van der Waals surface area contributed by atoms with Gasteiger partial charge in [-0.15, -0.1) is 0 Å². The van der Waals surface area contributed by atoms with E-state index >= 15 is 0 Å². The van der Waals surface area contributed by atoms with Crippen LogP contribution in [0.1, 0.15) is 25.1 Å². The fourth-order valence-corrected chi connectivity index (χ4v) is 1.09. The van der Waals surface area contributed by atoms with Gasteiger partial charge in [-0.2, -0.15) is 0 Å². The van der Waals surface area contributed by atoms with E-state index in [0.29, 0.717) is 5.84 Å². The summed E-state index contributed by atoms with van der Waals surface area (Å²) >= 11 is 0. The lowest BCUT2D eigenvalue weighted by Crippen LogP contribution is -2.18. The van der Waals surface area contributed by atoms with Crippen molar-refractivity contribution < 1.29 is 0 Å². The van der Waals surface area contributed by atoms with Crippen molar-refractivity contribution in [1.29, 1.82) is 0 Å². The van der Waals surface area contributed by atoms with Gasteiger partial charge in [0.15, 0.2) is 0 Å². The second-order valence-corrected chi connectivity index (χ2v) is 3.28. The van der Waals surface area contributed by atoms with Gasteiger partial charge in [-0.05, 0) is 32.4 Å². The number of nitrogens with two attached hydrogens (primary N) is 1. The maximum Gasteiger partial charge on any atom is 0.145 e. The van der Waals surface area contributed by atoms with Crippen LogP contribution < -0.4 is 5.73 Å². The summed E-state index contributed by atoms with van der Waals surface area (Å²) in [5.41, 5.74) is 7.63. The van der Waals surface area contributed by atoms with E-state index in [1.165, 1.54) is 0 Å². The van der Waals surface area contributed by atoms with Crippen LogP contribution in [0.15, 0.2) is 23.3 Å². The van der Waals surface area contributed by atoms with Gasteiger partial charge in [0.25, 0.3) is 0 Å². The number of rotatable bonds is 2. The first-order chi connectivity index (χ1) is 6.11. The van der Waals surface area contributed by atoms with Crippen LogP contribution in [0.2, 0.25) is 0 Å². The zero-order valence-electron chi connectivity index (χ0n) is 8.28. The Labute approximate surface area is 78.7 Å². The van der Waals surface area contributed by atoms with Crippen LogP contribution >= 0.6 is 0 Å². The maximum atomic E-state index is 5.78. The molecule has 1 aromatic rings. The van der Waals surface area contributed by atoms with Gasteiger partial charge in [-0.25, -0.2) is 0 Å². The largest absolute Gasteiger partial charge is 0.382 e. The average Bonchev–Trinajstić information content (AvgIpc) is 2.03. The topological polar surface area (TPSA) is 51.3 Å². The smallest absolute Gasteiger partial charge is 0.145 e. The summed E-state index contributed by atoms with van der Waals surface area (Å²) in [7, 11) is 0. The van der Waals surface area contributed by atoms with Gasteiger partial charge in [0.05, 0.1) is 0 Å². The minimum Gasteiger partial charge on any atom is -0.382 e. The lowest BCUT2D eigenvalue weighted by molar-refractivity contribution is 0.833. The molecule has 0 aliphatic carbocycles. The Kier molecular flexibility index (Phi) is 3.01. The minimum atomic E-state index is 0.210. The Morgan fingerprint density at radius 1 is 1.54 bits per heavy atom. The second-order valence-electron chi connectivity index (χ2n) is 3.28. The molecule has 0 amide bonds. The number of aliphatic imine (C=N–C) groups is 1. The minimum absolute atomic E-state index is 0.210.